The molecule has 0 atom stereocenters. The molecule has 4 N–H and O–H groups in total. The zero-order valence-electron chi connectivity index (χ0n) is 13.0. The van der Waals surface area contributed by atoms with Crippen LogP contribution >= 0.6 is 0 Å². The van der Waals surface area contributed by atoms with Crippen molar-refractivity contribution in [3.05, 3.63) is 42.5 Å². The van der Waals surface area contributed by atoms with Crippen molar-refractivity contribution in [3.8, 4) is 16.9 Å². The lowest BCUT2D eigenvalue weighted by Crippen LogP contribution is -2.18. The van der Waals surface area contributed by atoms with Crippen LogP contribution in [0.15, 0.2) is 47.4 Å². The number of phenolic OH excluding ortho intramolecular Hbond substituents is 1. The Balaban J connectivity index is 0.000000745. The second kappa shape index (κ2) is 7.82. The number of rotatable bonds is 3. The highest BCUT2D eigenvalue weighted by Crippen LogP contribution is 2.29. The summed E-state index contributed by atoms with van der Waals surface area (Å²) >= 11 is 0. The van der Waals surface area contributed by atoms with Gasteiger partial charge in [0.15, 0.2) is 0 Å². The van der Waals surface area contributed by atoms with Crippen molar-refractivity contribution in [3.63, 3.8) is 0 Å². The van der Waals surface area contributed by atoms with Crippen molar-refractivity contribution in [2.45, 2.75) is 25.2 Å². The highest BCUT2D eigenvalue weighted by molar-refractivity contribution is 7.89. The van der Waals surface area contributed by atoms with Crippen LogP contribution in [0.3, 0.4) is 0 Å². The number of sulfonamides is 1. The van der Waals surface area contributed by atoms with Crippen molar-refractivity contribution in [1.29, 1.82) is 0 Å². The van der Waals surface area contributed by atoms with Crippen LogP contribution in [0.1, 0.15) is 20.3 Å². The highest BCUT2D eigenvalue weighted by Gasteiger charge is 2.13. The molecule has 0 aliphatic heterocycles. The summed E-state index contributed by atoms with van der Waals surface area (Å²) in [4.78, 5) is 0.108. The third-order valence-corrected chi connectivity index (χ3v) is 4.17. The molecular formula is C16H22N2O3S. The van der Waals surface area contributed by atoms with Gasteiger partial charge in [-0.1, -0.05) is 38.5 Å². The monoisotopic (exact) mass is 322 g/mol. The molecule has 0 aliphatic carbocycles. The van der Waals surface area contributed by atoms with Crippen LogP contribution in [0.5, 0.6) is 5.75 Å². The van der Waals surface area contributed by atoms with E-state index in [1.807, 2.05) is 0 Å². The first-order valence-corrected chi connectivity index (χ1v) is 8.46. The number of hydrogen-bond donors (Lipinski definition) is 3. The fourth-order valence-electron chi connectivity index (χ4n) is 1.76. The van der Waals surface area contributed by atoms with Gasteiger partial charge in [0.05, 0.1) is 4.90 Å². The predicted octanol–water partition coefficient (Wildman–Crippen LogP) is 2.97. The minimum absolute atomic E-state index is 0.108. The molecule has 2 aromatic rings. The minimum Gasteiger partial charge on any atom is -0.508 e. The second-order valence-corrected chi connectivity index (χ2v) is 6.60. The van der Waals surface area contributed by atoms with E-state index in [0.717, 1.165) is 5.56 Å². The lowest BCUT2D eigenvalue weighted by Gasteiger charge is -2.09. The number of nitrogens with two attached hydrogens (primary N) is 1. The number of nitrogens with one attached hydrogen (secondary N) is 1. The van der Waals surface area contributed by atoms with Gasteiger partial charge >= 0.3 is 0 Å². The Morgan fingerprint density at radius 1 is 1.14 bits per heavy atom. The zero-order valence-corrected chi connectivity index (χ0v) is 13.8. The SMILES string of the molecule is CCC.CNS(=O)(=O)c1ccc(-c2cccc(O)c2)c(N)c1. The Bertz CT molecular complexity index is 728. The van der Waals surface area contributed by atoms with E-state index < -0.39 is 10.0 Å². The Hall–Kier alpha value is -2.05. The van der Waals surface area contributed by atoms with Crippen LogP contribution in [-0.2, 0) is 10.0 Å². The molecule has 0 radical (unpaired) electrons. The van der Waals surface area contributed by atoms with E-state index in [2.05, 4.69) is 18.6 Å². The van der Waals surface area contributed by atoms with Gasteiger partial charge in [0.25, 0.3) is 0 Å². The fourth-order valence-corrected chi connectivity index (χ4v) is 2.53. The molecule has 0 aromatic heterocycles. The smallest absolute Gasteiger partial charge is 0.240 e. The summed E-state index contributed by atoms with van der Waals surface area (Å²) in [6.07, 6.45) is 1.25. The molecule has 0 spiro atoms. The van der Waals surface area contributed by atoms with E-state index in [-0.39, 0.29) is 10.6 Å². The molecule has 0 bridgehead atoms. The van der Waals surface area contributed by atoms with Gasteiger partial charge in [0.1, 0.15) is 5.75 Å². The third-order valence-electron chi connectivity index (χ3n) is 2.76. The number of nitrogen functional groups attached to an aromatic ring is 1. The maximum atomic E-state index is 11.6. The summed E-state index contributed by atoms with van der Waals surface area (Å²) in [5, 5.41) is 9.44. The molecule has 0 fully saturated rings. The van der Waals surface area contributed by atoms with E-state index in [0.29, 0.717) is 11.3 Å². The number of phenols is 1. The van der Waals surface area contributed by atoms with Crippen molar-refractivity contribution < 1.29 is 13.5 Å². The average molecular weight is 322 g/mol. The molecule has 6 heteroatoms. The Labute approximate surface area is 131 Å². The zero-order chi connectivity index (χ0) is 16.8. The molecule has 5 nitrogen and oxygen atoms in total. The van der Waals surface area contributed by atoms with Crippen LogP contribution in [-0.4, -0.2) is 20.6 Å². The van der Waals surface area contributed by atoms with Gasteiger partial charge in [-0.15, -0.1) is 0 Å². The van der Waals surface area contributed by atoms with Crippen LogP contribution in [0.2, 0.25) is 0 Å². The number of aromatic hydroxyl groups is 1. The Morgan fingerprint density at radius 3 is 2.27 bits per heavy atom. The normalized spacial score (nSPS) is 10.7. The third kappa shape index (κ3) is 4.47. The fraction of sp³-hybridized carbons (Fsp3) is 0.250. The first-order valence-electron chi connectivity index (χ1n) is 6.98. The number of anilines is 1. The molecule has 120 valence electrons. The van der Waals surface area contributed by atoms with E-state index in [1.54, 1.807) is 30.3 Å². The molecule has 2 rings (SSSR count). The van der Waals surface area contributed by atoms with Gasteiger partial charge in [0, 0.05) is 11.3 Å². The molecule has 0 unspecified atom stereocenters. The number of benzene rings is 2. The topological polar surface area (TPSA) is 92.4 Å². The van der Waals surface area contributed by atoms with Gasteiger partial charge in [-0.3, -0.25) is 0 Å². The van der Waals surface area contributed by atoms with Gasteiger partial charge in [-0.05, 0) is 36.9 Å². The highest BCUT2D eigenvalue weighted by atomic mass is 32.2. The van der Waals surface area contributed by atoms with Crippen molar-refractivity contribution in [2.24, 2.45) is 0 Å². The van der Waals surface area contributed by atoms with E-state index in [1.165, 1.54) is 25.6 Å². The summed E-state index contributed by atoms with van der Waals surface area (Å²) < 4.78 is 25.5. The van der Waals surface area contributed by atoms with Crippen LogP contribution < -0.4 is 10.5 Å². The van der Waals surface area contributed by atoms with Crippen molar-refractivity contribution in [2.75, 3.05) is 12.8 Å². The van der Waals surface area contributed by atoms with Crippen molar-refractivity contribution >= 4 is 15.7 Å². The quantitative estimate of drug-likeness (QED) is 0.757. The van der Waals surface area contributed by atoms with Crippen LogP contribution in [0, 0.1) is 0 Å². The molecule has 0 saturated heterocycles. The van der Waals surface area contributed by atoms with Gasteiger partial charge in [-0.2, -0.15) is 0 Å². The van der Waals surface area contributed by atoms with E-state index in [9.17, 15) is 13.5 Å². The molecule has 2 aromatic carbocycles. The van der Waals surface area contributed by atoms with E-state index in [4.69, 9.17) is 5.73 Å². The summed E-state index contributed by atoms with van der Waals surface area (Å²) in [7, 11) is -2.17. The summed E-state index contributed by atoms with van der Waals surface area (Å²) in [6, 6.07) is 11.1. The molecule has 0 aliphatic rings. The molecule has 0 amide bonds. The maximum Gasteiger partial charge on any atom is 0.240 e. The first-order chi connectivity index (χ1) is 10.4. The van der Waals surface area contributed by atoms with E-state index >= 15 is 0 Å². The number of hydrogen-bond acceptors (Lipinski definition) is 4. The first kappa shape index (κ1) is 18.0. The Morgan fingerprint density at radius 2 is 1.77 bits per heavy atom. The maximum absolute atomic E-state index is 11.6. The van der Waals surface area contributed by atoms with Crippen LogP contribution in [0.4, 0.5) is 5.69 Å². The second-order valence-electron chi connectivity index (χ2n) is 4.71. The summed E-state index contributed by atoms with van der Waals surface area (Å²) in [6.45, 7) is 4.25. The standard InChI is InChI=1S/C13H14N2O3S.C3H8/c1-15-19(17,18)11-5-6-12(13(14)8-11)9-3-2-4-10(16)7-9;1-3-2/h2-8,15-16H,14H2,1H3;3H2,1-2H3. The minimum atomic E-state index is -3.51. The largest absolute Gasteiger partial charge is 0.508 e. The summed E-state index contributed by atoms with van der Waals surface area (Å²) in [5.41, 5.74) is 7.62. The van der Waals surface area contributed by atoms with Gasteiger partial charge in [-0.25, -0.2) is 13.1 Å². The lowest BCUT2D eigenvalue weighted by atomic mass is 10.0. The Kier molecular flexibility index (Phi) is 6.39. The predicted molar refractivity (Wildman–Crippen MR) is 90.2 cm³/mol. The van der Waals surface area contributed by atoms with Crippen LogP contribution in [0.25, 0.3) is 11.1 Å². The molecular weight excluding hydrogens is 300 g/mol. The molecule has 0 saturated carbocycles. The molecule has 0 heterocycles. The average Bonchev–Trinajstić information content (AvgIpc) is 2.48. The lowest BCUT2D eigenvalue weighted by molar-refractivity contribution is 0.475. The van der Waals surface area contributed by atoms with Gasteiger partial charge in [0.2, 0.25) is 10.0 Å². The summed E-state index contributed by atoms with van der Waals surface area (Å²) in [5.74, 6) is 0.129. The van der Waals surface area contributed by atoms with Crippen molar-refractivity contribution in [1.82, 2.24) is 4.72 Å². The molecule has 22 heavy (non-hydrogen) atoms. The van der Waals surface area contributed by atoms with Gasteiger partial charge < -0.3 is 10.8 Å².